The van der Waals surface area contributed by atoms with Gasteiger partial charge in [0.15, 0.2) is 11.5 Å². The predicted molar refractivity (Wildman–Crippen MR) is 110 cm³/mol. The number of ether oxygens (including phenoxy) is 2. The van der Waals surface area contributed by atoms with E-state index >= 15 is 0 Å². The molecule has 0 aliphatic rings. The van der Waals surface area contributed by atoms with Crippen LogP contribution in [0.3, 0.4) is 0 Å². The van der Waals surface area contributed by atoms with Gasteiger partial charge in [-0.05, 0) is 35.2 Å². The maximum atomic E-state index is 11.0. The van der Waals surface area contributed by atoms with Crippen LogP contribution in [0.15, 0.2) is 42.7 Å². The van der Waals surface area contributed by atoms with Gasteiger partial charge in [0.1, 0.15) is 17.7 Å². The molecule has 0 saturated carbocycles. The first-order chi connectivity index (χ1) is 13.3. The summed E-state index contributed by atoms with van der Waals surface area (Å²) in [6.45, 7) is 4.14. The molecule has 2 heterocycles. The lowest BCUT2D eigenvalue weighted by atomic mass is 9.91. The highest BCUT2D eigenvalue weighted by Crippen LogP contribution is 2.38. The number of methoxy groups -OCH3 is 2. The molecule has 0 amide bonds. The van der Waals surface area contributed by atoms with Crippen molar-refractivity contribution in [3.8, 4) is 17.3 Å². The molecule has 1 atom stereocenters. The topological polar surface area (TPSA) is 109 Å². The summed E-state index contributed by atoms with van der Waals surface area (Å²) in [4.78, 5) is 4.43. The van der Waals surface area contributed by atoms with Gasteiger partial charge < -0.3 is 26.0 Å². The molecule has 0 fully saturated rings. The van der Waals surface area contributed by atoms with E-state index in [-0.39, 0.29) is 5.92 Å². The number of hydrogen-bond donors (Lipinski definition) is 3. The Morgan fingerprint density at radius 3 is 2.11 bits per heavy atom. The predicted octanol–water partition coefficient (Wildman–Crippen LogP) is 3.26. The molecule has 7 heteroatoms. The highest BCUT2D eigenvalue weighted by atomic mass is 16.5. The second-order valence-corrected chi connectivity index (χ2v) is 6.91. The zero-order valence-corrected chi connectivity index (χ0v) is 16.5. The van der Waals surface area contributed by atoms with Crippen LogP contribution in [0.25, 0.3) is 5.82 Å². The van der Waals surface area contributed by atoms with Gasteiger partial charge in [-0.3, -0.25) is 4.57 Å². The van der Waals surface area contributed by atoms with Gasteiger partial charge in [-0.2, -0.15) is 0 Å². The Kier molecular flexibility index (Phi) is 5.46. The van der Waals surface area contributed by atoms with E-state index in [1.807, 2.05) is 18.2 Å². The normalized spacial score (nSPS) is 12.2. The summed E-state index contributed by atoms with van der Waals surface area (Å²) in [6, 6.07) is 9.01. The first kappa shape index (κ1) is 19.6. The number of hydrogen-bond acceptors (Lipinski definition) is 6. The third kappa shape index (κ3) is 3.61. The smallest absolute Gasteiger partial charge is 0.161 e. The Morgan fingerprint density at radius 2 is 1.64 bits per heavy atom. The number of aromatic nitrogens is 2. The van der Waals surface area contributed by atoms with Crippen LogP contribution in [-0.2, 0) is 0 Å². The van der Waals surface area contributed by atoms with E-state index in [2.05, 4.69) is 18.8 Å². The number of nitrogens with two attached hydrogens (primary N) is 2. The van der Waals surface area contributed by atoms with Gasteiger partial charge in [-0.15, -0.1) is 0 Å². The van der Waals surface area contributed by atoms with Gasteiger partial charge in [-0.25, -0.2) is 4.98 Å². The summed E-state index contributed by atoms with van der Waals surface area (Å²) < 4.78 is 12.5. The SMILES string of the molecule is COc1cc(C(C)C)c(C(O)c2ccc(-n3cc(N)cc3N)nc2)cc1OC. The lowest BCUT2D eigenvalue weighted by molar-refractivity contribution is 0.217. The van der Waals surface area contributed by atoms with Gasteiger partial charge in [0.05, 0.1) is 19.9 Å². The van der Waals surface area contributed by atoms with Crippen molar-refractivity contribution in [3.63, 3.8) is 0 Å². The van der Waals surface area contributed by atoms with Crippen molar-refractivity contribution in [2.75, 3.05) is 25.7 Å². The van der Waals surface area contributed by atoms with Crippen LogP contribution in [0.1, 0.15) is 42.6 Å². The fourth-order valence-corrected chi connectivity index (χ4v) is 3.23. The molecule has 148 valence electrons. The van der Waals surface area contributed by atoms with Gasteiger partial charge in [-0.1, -0.05) is 19.9 Å². The molecule has 2 aromatic heterocycles. The minimum absolute atomic E-state index is 0.194. The monoisotopic (exact) mass is 382 g/mol. The Labute approximate surface area is 164 Å². The first-order valence-electron chi connectivity index (χ1n) is 8.99. The lowest BCUT2D eigenvalue weighted by Gasteiger charge is -2.21. The quantitative estimate of drug-likeness (QED) is 0.604. The van der Waals surface area contributed by atoms with E-state index in [0.29, 0.717) is 34.4 Å². The third-order valence-corrected chi connectivity index (χ3v) is 4.71. The number of benzene rings is 1. The molecule has 0 aliphatic heterocycles. The second-order valence-electron chi connectivity index (χ2n) is 6.91. The van der Waals surface area contributed by atoms with Crippen molar-refractivity contribution < 1.29 is 14.6 Å². The van der Waals surface area contributed by atoms with Crippen molar-refractivity contribution in [1.29, 1.82) is 0 Å². The van der Waals surface area contributed by atoms with Gasteiger partial charge in [0.25, 0.3) is 0 Å². The van der Waals surface area contributed by atoms with Crippen LogP contribution < -0.4 is 20.9 Å². The molecule has 3 aromatic rings. The number of nitrogens with zero attached hydrogens (tertiary/aromatic N) is 2. The van der Waals surface area contributed by atoms with Crippen LogP contribution in [-0.4, -0.2) is 28.9 Å². The molecule has 0 spiro atoms. The number of aliphatic hydroxyl groups is 1. The van der Waals surface area contributed by atoms with E-state index in [1.165, 1.54) is 0 Å². The van der Waals surface area contributed by atoms with Gasteiger partial charge >= 0.3 is 0 Å². The standard InChI is InChI=1S/C21H26N4O3/c1-12(2)15-8-17(27-3)18(28-4)9-16(15)21(26)13-5-6-20(24-10-13)25-11-14(22)7-19(25)23/h5-12,21,26H,22-23H2,1-4H3. The van der Waals surface area contributed by atoms with E-state index in [9.17, 15) is 5.11 Å². The fraction of sp³-hybridized carbons (Fsp3) is 0.286. The van der Waals surface area contributed by atoms with Gasteiger partial charge in [0, 0.05) is 24.0 Å². The Bertz CT molecular complexity index is 965. The molecule has 1 unspecified atom stereocenters. The molecule has 7 nitrogen and oxygen atoms in total. The van der Waals surface area contributed by atoms with Crippen LogP contribution in [0, 0.1) is 0 Å². The zero-order chi connectivity index (χ0) is 20.4. The summed E-state index contributed by atoms with van der Waals surface area (Å²) in [6.07, 6.45) is 2.49. The summed E-state index contributed by atoms with van der Waals surface area (Å²) in [5, 5.41) is 11.0. The van der Waals surface area contributed by atoms with Crippen molar-refractivity contribution >= 4 is 11.5 Å². The number of nitrogen functional groups attached to an aromatic ring is 2. The zero-order valence-electron chi connectivity index (χ0n) is 16.5. The first-order valence-corrected chi connectivity index (χ1v) is 8.99. The van der Waals surface area contributed by atoms with Gasteiger partial charge in [0.2, 0.25) is 0 Å². The summed E-state index contributed by atoms with van der Waals surface area (Å²) in [5.74, 6) is 2.53. The molecule has 0 bridgehead atoms. The van der Waals surface area contributed by atoms with E-state index in [0.717, 1.165) is 11.1 Å². The number of rotatable bonds is 6. The van der Waals surface area contributed by atoms with Crippen molar-refractivity contribution in [2.24, 2.45) is 0 Å². The summed E-state index contributed by atoms with van der Waals surface area (Å²) in [7, 11) is 3.17. The van der Waals surface area contributed by atoms with E-state index in [4.69, 9.17) is 20.9 Å². The Hall–Kier alpha value is -3.19. The van der Waals surface area contributed by atoms with Crippen LogP contribution in [0.5, 0.6) is 11.5 Å². The lowest BCUT2D eigenvalue weighted by Crippen LogP contribution is -2.08. The molecular weight excluding hydrogens is 356 g/mol. The van der Waals surface area contributed by atoms with E-state index < -0.39 is 6.10 Å². The number of aliphatic hydroxyl groups excluding tert-OH is 1. The van der Waals surface area contributed by atoms with Crippen molar-refractivity contribution in [2.45, 2.75) is 25.9 Å². The molecular formula is C21H26N4O3. The molecule has 28 heavy (non-hydrogen) atoms. The maximum Gasteiger partial charge on any atom is 0.161 e. The number of anilines is 2. The molecule has 3 rings (SSSR count). The molecule has 0 saturated heterocycles. The molecule has 1 aromatic carbocycles. The van der Waals surface area contributed by atoms with Crippen molar-refractivity contribution in [1.82, 2.24) is 9.55 Å². The highest BCUT2D eigenvalue weighted by molar-refractivity contribution is 5.54. The van der Waals surface area contributed by atoms with Crippen LogP contribution in [0.2, 0.25) is 0 Å². The average Bonchev–Trinajstić information content (AvgIpc) is 3.04. The Balaban J connectivity index is 1.99. The minimum Gasteiger partial charge on any atom is -0.493 e. The third-order valence-electron chi connectivity index (χ3n) is 4.71. The largest absolute Gasteiger partial charge is 0.493 e. The minimum atomic E-state index is -0.856. The molecule has 5 N–H and O–H groups in total. The number of pyridine rings is 1. The summed E-state index contributed by atoms with van der Waals surface area (Å²) in [5.41, 5.74) is 14.7. The molecule has 0 aliphatic carbocycles. The van der Waals surface area contributed by atoms with E-state index in [1.54, 1.807) is 43.3 Å². The Morgan fingerprint density at radius 1 is 1.00 bits per heavy atom. The van der Waals surface area contributed by atoms with Crippen molar-refractivity contribution in [3.05, 3.63) is 59.4 Å². The second kappa shape index (κ2) is 7.82. The average molecular weight is 382 g/mol. The fourth-order valence-electron chi connectivity index (χ4n) is 3.23. The highest BCUT2D eigenvalue weighted by Gasteiger charge is 2.21. The van der Waals surface area contributed by atoms with Crippen LogP contribution in [0.4, 0.5) is 11.5 Å². The molecule has 0 radical (unpaired) electrons. The van der Waals surface area contributed by atoms with Crippen LogP contribution >= 0.6 is 0 Å². The summed E-state index contributed by atoms with van der Waals surface area (Å²) >= 11 is 0. The maximum absolute atomic E-state index is 11.0.